The Morgan fingerprint density at radius 3 is 2.94 bits per heavy atom. The standard InChI is InChI=1S/C13H15N3OS/c1-16(8-4-2-5-8)13(17)12-10(14)11-9(18-12)6-3-7-15-11/h3,6-8H,2,4-5,14H2,1H3. The van der Waals surface area contributed by atoms with Gasteiger partial charge in [-0.25, -0.2) is 0 Å². The Hall–Kier alpha value is -1.62. The van der Waals surface area contributed by atoms with E-state index in [2.05, 4.69) is 4.98 Å². The quantitative estimate of drug-likeness (QED) is 0.903. The molecule has 4 nitrogen and oxygen atoms in total. The average Bonchev–Trinajstić information content (AvgIpc) is 2.64. The molecule has 1 saturated carbocycles. The molecule has 1 aliphatic rings. The van der Waals surface area contributed by atoms with Gasteiger partial charge in [-0.1, -0.05) is 0 Å². The van der Waals surface area contributed by atoms with Crippen molar-refractivity contribution in [2.75, 3.05) is 12.8 Å². The molecule has 0 saturated heterocycles. The van der Waals surface area contributed by atoms with Gasteiger partial charge >= 0.3 is 0 Å². The van der Waals surface area contributed by atoms with Crippen LogP contribution in [0.3, 0.4) is 0 Å². The molecule has 2 aromatic heterocycles. The summed E-state index contributed by atoms with van der Waals surface area (Å²) in [6.45, 7) is 0. The number of carbonyl (C=O) groups is 1. The molecule has 2 aromatic rings. The first-order valence-corrected chi connectivity index (χ1v) is 6.90. The first kappa shape index (κ1) is 11.5. The van der Waals surface area contributed by atoms with Crippen LogP contribution >= 0.6 is 11.3 Å². The van der Waals surface area contributed by atoms with E-state index < -0.39 is 0 Å². The topological polar surface area (TPSA) is 59.2 Å². The van der Waals surface area contributed by atoms with Gasteiger partial charge in [0.2, 0.25) is 0 Å². The van der Waals surface area contributed by atoms with Gasteiger partial charge in [0.25, 0.3) is 5.91 Å². The summed E-state index contributed by atoms with van der Waals surface area (Å²) in [6.07, 6.45) is 5.12. The maximum Gasteiger partial charge on any atom is 0.266 e. The van der Waals surface area contributed by atoms with Crippen molar-refractivity contribution < 1.29 is 4.79 Å². The Bertz CT molecular complexity index is 603. The van der Waals surface area contributed by atoms with Crippen molar-refractivity contribution in [3.8, 4) is 0 Å². The zero-order chi connectivity index (χ0) is 12.7. The SMILES string of the molecule is CN(C(=O)c1sc2cccnc2c1N)C1CCC1. The molecular weight excluding hydrogens is 246 g/mol. The fourth-order valence-electron chi connectivity index (χ4n) is 2.21. The Morgan fingerprint density at radius 1 is 1.56 bits per heavy atom. The second-order valence-corrected chi connectivity index (χ2v) is 5.75. The van der Waals surface area contributed by atoms with Crippen molar-refractivity contribution in [3.05, 3.63) is 23.2 Å². The van der Waals surface area contributed by atoms with E-state index in [9.17, 15) is 4.79 Å². The van der Waals surface area contributed by atoms with Gasteiger partial charge in [-0.3, -0.25) is 9.78 Å². The van der Waals surface area contributed by atoms with Gasteiger partial charge in [0, 0.05) is 19.3 Å². The van der Waals surface area contributed by atoms with E-state index in [4.69, 9.17) is 5.73 Å². The third-order valence-electron chi connectivity index (χ3n) is 3.62. The number of nitrogens with two attached hydrogens (primary N) is 1. The highest BCUT2D eigenvalue weighted by Crippen LogP contribution is 2.34. The average molecular weight is 261 g/mol. The minimum atomic E-state index is 0.0280. The number of fused-ring (bicyclic) bond motifs is 1. The van der Waals surface area contributed by atoms with E-state index in [-0.39, 0.29) is 5.91 Å². The number of amides is 1. The zero-order valence-electron chi connectivity index (χ0n) is 10.2. The molecule has 0 atom stereocenters. The van der Waals surface area contributed by atoms with Gasteiger partial charge in [0.1, 0.15) is 10.4 Å². The number of hydrogen-bond acceptors (Lipinski definition) is 4. The molecule has 0 aliphatic heterocycles. The largest absolute Gasteiger partial charge is 0.396 e. The van der Waals surface area contributed by atoms with Crippen molar-refractivity contribution in [2.24, 2.45) is 0 Å². The van der Waals surface area contributed by atoms with Crippen molar-refractivity contribution in [3.63, 3.8) is 0 Å². The lowest BCUT2D eigenvalue weighted by molar-refractivity contribution is 0.0658. The van der Waals surface area contributed by atoms with Crippen LogP contribution in [0.15, 0.2) is 18.3 Å². The third kappa shape index (κ3) is 1.66. The first-order valence-electron chi connectivity index (χ1n) is 6.08. The van der Waals surface area contributed by atoms with E-state index >= 15 is 0 Å². The van der Waals surface area contributed by atoms with Crippen molar-refractivity contribution in [1.82, 2.24) is 9.88 Å². The van der Waals surface area contributed by atoms with Crippen LogP contribution in [-0.4, -0.2) is 28.9 Å². The second-order valence-electron chi connectivity index (χ2n) is 4.70. The van der Waals surface area contributed by atoms with E-state index in [0.717, 1.165) is 23.1 Å². The highest BCUT2D eigenvalue weighted by Gasteiger charge is 2.28. The summed E-state index contributed by atoms with van der Waals surface area (Å²) in [5, 5.41) is 0. The van der Waals surface area contributed by atoms with Gasteiger partial charge in [0.05, 0.1) is 10.4 Å². The zero-order valence-corrected chi connectivity index (χ0v) is 11.0. The summed E-state index contributed by atoms with van der Waals surface area (Å²) in [5.74, 6) is 0.0280. The third-order valence-corrected chi connectivity index (χ3v) is 4.77. The summed E-state index contributed by atoms with van der Waals surface area (Å²) < 4.78 is 0.973. The number of nitrogens with zero attached hydrogens (tertiary/aromatic N) is 2. The fourth-order valence-corrected chi connectivity index (χ4v) is 3.27. The van der Waals surface area contributed by atoms with Gasteiger partial charge in [0.15, 0.2) is 0 Å². The summed E-state index contributed by atoms with van der Waals surface area (Å²) in [7, 11) is 1.86. The van der Waals surface area contributed by atoms with Crippen LogP contribution in [0.25, 0.3) is 10.2 Å². The number of anilines is 1. The number of carbonyl (C=O) groups excluding carboxylic acids is 1. The lowest BCUT2D eigenvalue weighted by atomic mass is 9.92. The Balaban J connectivity index is 1.98. The van der Waals surface area contributed by atoms with Crippen LogP contribution < -0.4 is 5.73 Å². The van der Waals surface area contributed by atoms with E-state index in [1.54, 1.807) is 6.20 Å². The molecule has 0 spiro atoms. The highest BCUT2D eigenvalue weighted by atomic mass is 32.1. The van der Waals surface area contributed by atoms with Crippen molar-refractivity contribution in [1.29, 1.82) is 0 Å². The Kier molecular flexibility index (Phi) is 2.70. The van der Waals surface area contributed by atoms with Gasteiger partial charge in [-0.2, -0.15) is 0 Å². The Morgan fingerprint density at radius 2 is 2.33 bits per heavy atom. The number of hydrogen-bond donors (Lipinski definition) is 1. The smallest absolute Gasteiger partial charge is 0.266 e. The number of thiophene rings is 1. The summed E-state index contributed by atoms with van der Waals surface area (Å²) in [5.41, 5.74) is 7.30. The monoisotopic (exact) mass is 261 g/mol. The van der Waals surface area contributed by atoms with Crippen LogP contribution in [-0.2, 0) is 0 Å². The molecule has 1 fully saturated rings. The molecule has 18 heavy (non-hydrogen) atoms. The number of aromatic nitrogens is 1. The molecule has 2 heterocycles. The molecule has 0 aromatic carbocycles. The van der Waals surface area contributed by atoms with Crippen LogP contribution in [0.1, 0.15) is 28.9 Å². The molecule has 94 valence electrons. The van der Waals surface area contributed by atoms with Gasteiger partial charge in [-0.05, 0) is 31.4 Å². The number of pyridine rings is 1. The number of rotatable bonds is 2. The molecule has 0 radical (unpaired) electrons. The van der Waals surface area contributed by atoms with E-state index in [0.29, 0.717) is 16.6 Å². The molecule has 3 rings (SSSR count). The molecular formula is C13H15N3OS. The van der Waals surface area contributed by atoms with E-state index in [1.165, 1.54) is 17.8 Å². The first-order chi connectivity index (χ1) is 8.68. The highest BCUT2D eigenvalue weighted by molar-refractivity contribution is 7.21. The molecule has 5 heteroatoms. The predicted octanol–water partition coefficient (Wildman–Crippen LogP) is 2.50. The second kappa shape index (κ2) is 4.24. The van der Waals surface area contributed by atoms with Crippen LogP contribution in [0.2, 0.25) is 0 Å². The van der Waals surface area contributed by atoms with E-state index in [1.807, 2.05) is 24.1 Å². The van der Waals surface area contributed by atoms with Crippen LogP contribution in [0.4, 0.5) is 5.69 Å². The summed E-state index contributed by atoms with van der Waals surface area (Å²) >= 11 is 1.43. The normalized spacial score (nSPS) is 15.6. The van der Waals surface area contributed by atoms with Crippen LogP contribution in [0.5, 0.6) is 0 Å². The summed E-state index contributed by atoms with van der Waals surface area (Å²) in [6, 6.07) is 4.20. The minimum absolute atomic E-state index is 0.0280. The maximum absolute atomic E-state index is 12.4. The fraction of sp³-hybridized carbons (Fsp3) is 0.385. The molecule has 2 N–H and O–H groups in total. The lowest BCUT2D eigenvalue weighted by Gasteiger charge is -2.34. The lowest BCUT2D eigenvalue weighted by Crippen LogP contribution is -2.41. The van der Waals surface area contributed by atoms with Crippen LogP contribution in [0, 0.1) is 0 Å². The van der Waals surface area contributed by atoms with Crippen molar-refractivity contribution in [2.45, 2.75) is 25.3 Å². The predicted molar refractivity (Wildman–Crippen MR) is 73.8 cm³/mol. The maximum atomic E-state index is 12.4. The number of nitrogen functional groups attached to an aromatic ring is 1. The molecule has 0 bridgehead atoms. The van der Waals surface area contributed by atoms with Crippen molar-refractivity contribution >= 4 is 33.1 Å². The Labute approximate surface area is 109 Å². The molecule has 1 aliphatic carbocycles. The molecule has 1 amide bonds. The molecule has 0 unspecified atom stereocenters. The van der Waals surface area contributed by atoms with Gasteiger partial charge in [-0.15, -0.1) is 11.3 Å². The van der Waals surface area contributed by atoms with Gasteiger partial charge < -0.3 is 10.6 Å². The summed E-state index contributed by atoms with van der Waals surface area (Å²) in [4.78, 5) is 19.1. The minimum Gasteiger partial charge on any atom is -0.396 e.